The Labute approximate surface area is 63.7 Å². The number of hydrogen-bond acceptors (Lipinski definition) is 2. The second-order valence-corrected chi connectivity index (χ2v) is 3.20. The molecule has 1 rings (SSSR count). The third-order valence-electron chi connectivity index (χ3n) is 1.41. The lowest BCUT2D eigenvalue weighted by molar-refractivity contribution is 0.0546. The summed E-state index contributed by atoms with van der Waals surface area (Å²) in [5.74, 6) is 0. The Morgan fingerprint density at radius 1 is 1.75 bits per heavy atom. The van der Waals surface area contributed by atoms with Crippen molar-refractivity contribution in [1.82, 2.24) is 3.11 Å². The van der Waals surface area contributed by atoms with E-state index in [0.717, 1.165) is 0 Å². The van der Waals surface area contributed by atoms with Crippen LogP contribution >= 0.6 is 22.9 Å². The SMILES string of the molecule is CO[C@@H]1CCCN1I. The summed E-state index contributed by atoms with van der Waals surface area (Å²) in [5.41, 5.74) is 0. The van der Waals surface area contributed by atoms with Gasteiger partial charge in [-0.1, -0.05) is 0 Å². The molecule has 0 spiro atoms. The van der Waals surface area contributed by atoms with Gasteiger partial charge in [-0.05, 0) is 12.8 Å². The predicted molar refractivity (Wildman–Crippen MR) is 40.8 cm³/mol. The second-order valence-electron chi connectivity index (χ2n) is 1.96. The van der Waals surface area contributed by atoms with Crippen molar-refractivity contribution in [3.05, 3.63) is 0 Å². The molecule has 0 saturated carbocycles. The van der Waals surface area contributed by atoms with Crippen molar-refractivity contribution in [2.75, 3.05) is 13.7 Å². The molecule has 0 aromatic rings. The van der Waals surface area contributed by atoms with Crippen LogP contribution in [0.5, 0.6) is 0 Å². The van der Waals surface area contributed by atoms with Crippen LogP contribution in [0.25, 0.3) is 0 Å². The van der Waals surface area contributed by atoms with Gasteiger partial charge < -0.3 is 4.74 Å². The molecule has 0 aromatic carbocycles. The maximum atomic E-state index is 5.14. The Hall–Kier alpha value is 0.650. The van der Waals surface area contributed by atoms with Crippen LogP contribution in [0.1, 0.15) is 12.8 Å². The van der Waals surface area contributed by atoms with Gasteiger partial charge in [-0.25, -0.2) is 3.11 Å². The molecule has 3 heteroatoms. The van der Waals surface area contributed by atoms with Crippen molar-refractivity contribution in [3.63, 3.8) is 0 Å². The molecule has 0 amide bonds. The fourth-order valence-corrected chi connectivity index (χ4v) is 1.78. The van der Waals surface area contributed by atoms with Gasteiger partial charge in [-0.3, -0.25) is 0 Å². The van der Waals surface area contributed by atoms with E-state index in [1.165, 1.54) is 19.4 Å². The summed E-state index contributed by atoms with van der Waals surface area (Å²) < 4.78 is 7.35. The van der Waals surface area contributed by atoms with E-state index >= 15 is 0 Å². The smallest absolute Gasteiger partial charge is 0.118 e. The lowest BCUT2D eigenvalue weighted by Crippen LogP contribution is -2.20. The van der Waals surface area contributed by atoms with Crippen LogP contribution in [0.2, 0.25) is 0 Å². The summed E-state index contributed by atoms with van der Waals surface area (Å²) >= 11 is 2.30. The highest BCUT2D eigenvalue weighted by Gasteiger charge is 2.20. The van der Waals surface area contributed by atoms with Crippen molar-refractivity contribution >= 4 is 22.9 Å². The quantitative estimate of drug-likeness (QED) is 0.496. The average molecular weight is 227 g/mol. The molecule has 1 aliphatic heterocycles. The normalized spacial score (nSPS) is 31.5. The van der Waals surface area contributed by atoms with Crippen LogP contribution < -0.4 is 0 Å². The topological polar surface area (TPSA) is 12.5 Å². The first kappa shape index (κ1) is 6.77. The van der Waals surface area contributed by atoms with Crippen LogP contribution in [0.3, 0.4) is 0 Å². The molecule has 0 unspecified atom stereocenters. The van der Waals surface area contributed by atoms with Gasteiger partial charge in [0.15, 0.2) is 0 Å². The zero-order valence-corrected chi connectivity index (χ0v) is 7.09. The summed E-state index contributed by atoms with van der Waals surface area (Å²) in [6, 6.07) is 0. The highest BCUT2D eigenvalue weighted by Crippen LogP contribution is 2.20. The highest BCUT2D eigenvalue weighted by atomic mass is 127. The van der Waals surface area contributed by atoms with Gasteiger partial charge in [0, 0.05) is 36.5 Å². The lowest BCUT2D eigenvalue weighted by Gasteiger charge is -2.13. The first-order valence-corrected chi connectivity index (χ1v) is 3.76. The van der Waals surface area contributed by atoms with Crippen molar-refractivity contribution < 1.29 is 4.74 Å². The molecule has 0 N–H and O–H groups in total. The van der Waals surface area contributed by atoms with E-state index in [4.69, 9.17) is 4.74 Å². The fraction of sp³-hybridized carbons (Fsp3) is 1.00. The van der Waals surface area contributed by atoms with E-state index in [0.29, 0.717) is 6.23 Å². The molecule has 0 aliphatic carbocycles. The van der Waals surface area contributed by atoms with Crippen molar-refractivity contribution in [3.8, 4) is 0 Å². The molecule has 1 aliphatic rings. The van der Waals surface area contributed by atoms with E-state index in [1.54, 1.807) is 7.11 Å². The number of methoxy groups -OCH3 is 1. The van der Waals surface area contributed by atoms with Crippen molar-refractivity contribution in [2.24, 2.45) is 0 Å². The van der Waals surface area contributed by atoms with E-state index in [9.17, 15) is 0 Å². The van der Waals surface area contributed by atoms with Gasteiger partial charge >= 0.3 is 0 Å². The minimum atomic E-state index is 0.385. The zero-order valence-electron chi connectivity index (χ0n) is 4.93. The van der Waals surface area contributed by atoms with Gasteiger partial charge in [0.1, 0.15) is 6.23 Å². The molecular weight excluding hydrogens is 217 g/mol. The third-order valence-corrected chi connectivity index (χ3v) is 2.51. The van der Waals surface area contributed by atoms with Crippen LogP contribution in [-0.4, -0.2) is 23.0 Å². The highest BCUT2D eigenvalue weighted by molar-refractivity contribution is 14.1. The van der Waals surface area contributed by atoms with Gasteiger partial charge in [-0.2, -0.15) is 0 Å². The maximum Gasteiger partial charge on any atom is 0.118 e. The summed E-state index contributed by atoms with van der Waals surface area (Å²) in [5, 5.41) is 0. The number of ether oxygens (including phenoxy) is 1. The Bertz CT molecular complexity index is 78.8. The van der Waals surface area contributed by atoms with E-state index in [2.05, 4.69) is 26.0 Å². The first-order chi connectivity index (χ1) is 3.84. The minimum absolute atomic E-state index is 0.385. The lowest BCUT2D eigenvalue weighted by atomic mass is 10.4. The Morgan fingerprint density at radius 2 is 2.50 bits per heavy atom. The molecule has 1 fully saturated rings. The van der Waals surface area contributed by atoms with Gasteiger partial charge in [0.25, 0.3) is 0 Å². The molecule has 1 saturated heterocycles. The number of halogens is 1. The molecule has 0 radical (unpaired) electrons. The standard InChI is InChI=1S/C5H10INO/c1-8-5-3-2-4-7(5)6/h5H,2-4H2,1H3/t5-/m1/s1. The first-order valence-electron chi connectivity index (χ1n) is 2.80. The largest absolute Gasteiger partial charge is 0.366 e. The van der Waals surface area contributed by atoms with Crippen LogP contribution in [0.4, 0.5) is 0 Å². The third kappa shape index (κ3) is 1.33. The van der Waals surface area contributed by atoms with Crippen molar-refractivity contribution in [2.45, 2.75) is 19.1 Å². The summed E-state index contributed by atoms with van der Waals surface area (Å²) in [6.45, 7) is 1.18. The van der Waals surface area contributed by atoms with Crippen molar-refractivity contribution in [1.29, 1.82) is 0 Å². The van der Waals surface area contributed by atoms with Crippen LogP contribution in [0, 0.1) is 0 Å². The molecule has 1 atom stereocenters. The van der Waals surface area contributed by atoms with E-state index in [-0.39, 0.29) is 0 Å². The molecule has 8 heavy (non-hydrogen) atoms. The fourth-order valence-electron chi connectivity index (χ4n) is 0.933. The Morgan fingerprint density at radius 3 is 2.75 bits per heavy atom. The van der Waals surface area contributed by atoms with Gasteiger partial charge in [0.2, 0.25) is 0 Å². The van der Waals surface area contributed by atoms with E-state index < -0.39 is 0 Å². The van der Waals surface area contributed by atoms with Gasteiger partial charge in [-0.15, -0.1) is 0 Å². The molecular formula is C5H10INO. The average Bonchev–Trinajstić information content (AvgIpc) is 2.14. The molecule has 1 heterocycles. The Kier molecular flexibility index (Phi) is 2.52. The Balaban J connectivity index is 2.30. The summed E-state index contributed by atoms with van der Waals surface area (Å²) in [4.78, 5) is 0. The van der Waals surface area contributed by atoms with E-state index in [1.807, 2.05) is 0 Å². The number of rotatable bonds is 1. The summed E-state index contributed by atoms with van der Waals surface area (Å²) in [7, 11) is 1.77. The molecule has 0 aromatic heterocycles. The molecule has 2 nitrogen and oxygen atoms in total. The monoisotopic (exact) mass is 227 g/mol. The van der Waals surface area contributed by atoms with Crippen LogP contribution in [0.15, 0.2) is 0 Å². The zero-order chi connectivity index (χ0) is 5.98. The predicted octanol–water partition coefficient (Wildman–Crippen LogP) is 1.40. The van der Waals surface area contributed by atoms with Gasteiger partial charge in [0.05, 0.1) is 0 Å². The number of nitrogens with zero attached hydrogens (tertiary/aromatic N) is 1. The molecule has 0 bridgehead atoms. The second kappa shape index (κ2) is 2.98. The van der Waals surface area contributed by atoms with Crippen LogP contribution in [-0.2, 0) is 4.74 Å². The minimum Gasteiger partial charge on any atom is -0.366 e. The molecule has 48 valence electrons. The maximum absolute atomic E-state index is 5.14. The summed E-state index contributed by atoms with van der Waals surface area (Å²) in [6.07, 6.45) is 2.86. The number of hydrogen-bond donors (Lipinski definition) is 0.